The smallest absolute Gasteiger partial charge is 0.250 e. The van der Waals surface area contributed by atoms with Gasteiger partial charge in [0.1, 0.15) is 0 Å². The zero-order chi connectivity index (χ0) is 11.9. The molecule has 0 radical (unpaired) electrons. The first-order valence-corrected chi connectivity index (χ1v) is 5.71. The second-order valence-electron chi connectivity index (χ2n) is 4.79. The van der Waals surface area contributed by atoms with Gasteiger partial charge in [-0.3, -0.25) is 4.79 Å². The van der Waals surface area contributed by atoms with E-state index in [0.717, 1.165) is 16.8 Å². The van der Waals surface area contributed by atoms with E-state index in [0.29, 0.717) is 12.3 Å². The Morgan fingerprint density at radius 2 is 1.94 bits per heavy atom. The van der Waals surface area contributed by atoms with E-state index in [9.17, 15) is 4.79 Å². The number of carbonyl (C=O) groups is 1. The highest BCUT2D eigenvalue weighted by molar-refractivity contribution is 6.10. The van der Waals surface area contributed by atoms with Gasteiger partial charge in [-0.05, 0) is 42.5 Å². The van der Waals surface area contributed by atoms with Gasteiger partial charge in [-0.25, -0.2) is 4.99 Å². The number of aliphatic imine (C=N–C) groups is 1. The number of hydrogen-bond donors (Lipinski definition) is 0. The summed E-state index contributed by atoms with van der Waals surface area (Å²) < 4.78 is 0. The Kier molecular flexibility index (Phi) is 2.66. The zero-order valence-electron chi connectivity index (χ0n) is 10.3. The third-order valence-corrected chi connectivity index (χ3v) is 3.17. The lowest BCUT2D eigenvalue weighted by Gasteiger charge is -2.18. The molecule has 0 saturated heterocycles. The quantitative estimate of drug-likeness (QED) is 0.708. The number of aryl methyl sites for hydroxylation is 1. The van der Waals surface area contributed by atoms with Gasteiger partial charge in [0, 0.05) is 11.3 Å². The van der Waals surface area contributed by atoms with Crippen molar-refractivity contribution >= 4 is 11.6 Å². The molecule has 0 bridgehead atoms. The molecule has 0 aliphatic carbocycles. The first-order chi connectivity index (χ1) is 7.49. The molecule has 0 fully saturated rings. The van der Waals surface area contributed by atoms with Gasteiger partial charge in [-0.1, -0.05) is 19.9 Å². The summed E-state index contributed by atoms with van der Waals surface area (Å²) in [6.07, 6.45) is 0.455. The van der Waals surface area contributed by atoms with Crippen molar-refractivity contribution in [3.63, 3.8) is 0 Å². The lowest BCUT2D eigenvalue weighted by molar-refractivity contribution is -0.117. The summed E-state index contributed by atoms with van der Waals surface area (Å²) >= 11 is 0. The molecule has 0 aromatic heterocycles. The van der Waals surface area contributed by atoms with E-state index in [1.165, 1.54) is 11.1 Å². The van der Waals surface area contributed by atoms with E-state index in [2.05, 4.69) is 37.9 Å². The van der Waals surface area contributed by atoms with Gasteiger partial charge in [0.05, 0.1) is 6.42 Å². The van der Waals surface area contributed by atoms with E-state index >= 15 is 0 Å². The fourth-order valence-corrected chi connectivity index (χ4v) is 2.17. The SMILES string of the molecule is CC1=NC(=O)Cc2c(C)cc(C(C)C)cc21. The van der Waals surface area contributed by atoms with E-state index in [1.54, 1.807) is 0 Å². The van der Waals surface area contributed by atoms with Gasteiger partial charge < -0.3 is 0 Å². The molecule has 1 aliphatic heterocycles. The Morgan fingerprint density at radius 1 is 1.25 bits per heavy atom. The topological polar surface area (TPSA) is 29.4 Å². The number of amides is 1. The van der Waals surface area contributed by atoms with Crippen LogP contribution in [0.3, 0.4) is 0 Å². The molecular weight excluding hydrogens is 198 g/mol. The van der Waals surface area contributed by atoms with Gasteiger partial charge in [0.2, 0.25) is 5.91 Å². The molecule has 1 heterocycles. The summed E-state index contributed by atoms with van der Waals surface area (Å²) in [5, 5.41) is 0. The molecule has 0 unspecified atom stereocenters. The molecule has 0 spiro atoms. The van der Waals surface area contributed by atoms with Crippen molar-refractivity contribution in [3.8, 4) is 0 Å². The standard InChI is InChI=1S/C14H17NO/c1-8(2)11-5-9(3)12-7-14(16)15-10(4)13(12)6-11/h5-6,8H,7H2,1-4H3. The van der Waals surface area contributed by atoms with Crippen molar-refractivity contribution in [1.82, 2.24) is 0 Å². The molecule has 0 N–H and O–H groups in total. The number of carbonyl (C=O) groups excluding carboxylic acids is 1. The third kappa shape index (κ3) is 1.80. The molecule has 1 aromatic rings. The molecule has 0 saturated carbocycles. The highest BCUT2D eigenvalue weighted by Gasteiger charge is 2.19. The van der Waals surface area contributed by atoms with Gasteiger partial charge in [0.25, 0.3) is 0 Å². The van der Waals surface area contributed by atoms with Crippen LogP contribution in [0.1, 0.15) is 48.9 Å². The van der Waals surface area contributed by atoms with Crippen molar-refractivity contribution in [2.45, 2.75) is 40.0 Å². The Labute approximate surface area is 96.4 Å². The monoisotopic (exact) mass is 215 g/mol. The van der Waals surface area contributed by atoms with E-state index in [1.807, 2.05) is 6.92 Å². The summed E-state index contributed by atoms with van der Waals surface area (Å²) in [5.41, 5.74) is 5.70. The second kappa shape index (κ2) is 3.85. The maximum atomic E-state index is 11.4. The summed E-state index contributed by atoms with van der Waals surface area (Å²) in [4.78, 5) is 15.5. The molecular formula is C14H17NO. The van der Waals surface area contributed by atoms with Crippen LogP contribution >= 0.6 is 0 Å². The highest BCUT2D eigenvalue weighted by atomic mass is 16.1. The largest absolute Gasteiger partial charge is 0.272 e. The summed E-state index contributed by atoms with van der Waals surface area (Å²) in [6, 6.07) is 4.37. The van der Waals surface area contributed by atoms with E-state index in [-0.39, 0.29) is 5.91 Å². The summed E-state index contributed by atoms with van der Waals surface area (Å²) in [7, 11) is 0. The molecule has 2 rings (SSSR count). The van der Waals surface area contributed by atoms with Crippen LogP contribution in [0.2, 0.25) is 0 Å². The molecule has 1 aliphatic rings. The second-order valence-corrected chi connectivity index (χ2v) is 4.79. The predicted molar refractivity (Wildman–Crippen MR) is 66.2 cm³/mol. The predicted octanol–water partition coefficient (Wildman–Crippen LogP) is 3.01. The Hall–Kier alpha value is -1.44. The van der Waals surface area contributed by atoms with Crippen LogP contribution in [0.25, 0.3) is 0 Å². The molecule has 0 atom stereocenters. The van der Waals surface area contributed by atoms with Gasteiger partial charge in [0.15, 0.2) is 0 Å². The fraction of sp³-hybridized carbons (Fsp3) is 0.429. The normalized spacial score (nSPS) is 15.1. The maximum absolute atomic E-state index is 11.4. The van der Waals surface area contributed by atoms with Crippen LogP contribution in [-0.4, -0.2) is 11.6 Å². The average Bonchev–Trinajstić information content (AvgIpc) is 2.19. The summed E-state index contributed by atoms with van der Waals surface area (Å²) in [6.45, 7) is 8.36. The lowest BCUT2D eigenvalue weighted by atomic mass is 9.88. The molecule has 1 aromatic carbocycles. The Bertz CT molecular complexity index is 484. The van der Waals surface area contributed by atoms with Crippen molar-refractivity contribution in [3.05, 3.63) is 34.4 Å². The minimum atomic E-state index is -0.0228. The van der Waals surface area contributed by atoms with Crippen LogP contribution in [0.15, 0.2) is 17.1 Å². The first-order valence-electron chi connectivity index (χ1n) is 5.71. The molecule has 2 nitrogen and oxygen atoms in total. The van der Waals surface area contributed by atoms with E-state index < -0.39 is 0 Å². The average molecular weight is 215 g/mol. The van der Waals surface area contributed by atoms with Crippen LogP contribution in [0, 0.1) is 6.92 Å². The number of hydrogen-bond acceptors (Lipinski definition) is 1. The highest BCUT2D eigenvalue weighted by Crippen LogP contribution is 2.26. The zero-order valence-corrected chi connectivity index (χ0v) is 10.3. The fourth-order valence-electron chi connectivity index (χ4n) is 2.17. The van der Waals surface area contributed by atoms with Crippen molar-refractivity contribution in [1.29, 1.82) is 0 Å². The van der Waals surface area contributed by atoms with Crippen molar-refractivity contribution in [2.75, 3.05) is 0 Å². The first kappa shape index (κ1) is 11.1. The van der Waals surface area contributed by atoms with E-state index in [4.69, 9.17) is 0 Å². The molecule has 1 amide bonds. The lowest BCUT2D eigenvalue weighted by Crippen LogP contribution is -2.16. The van der Waals surface area contributed by atoms with Crippen LogP contribution in [0.5, 0.6) is 0 Å². The van der Waals surface area contributed by atoms with Crippen molar-refractivity contribution in [2.24, 2.45) is 4.99 Å². The molecule has 2 heteroatoms. The maximum Gasteiger partial charge on any atom is 0.250 e. The number of rotatable bonds is 1. The minimum absolute atomic E-state index is 0.0228. The Balaban J connectivity index is 2.62. The molecule has 84 valence electrons. The molecule has 16 heavy (non-hydrogen) atoms. The van der Waals surface area contributed by atoms with Crippen LogP contribution < -0.4 is 0 Å². The minimum Gasteiger partial charge on any atom is -0.272 e. The third-order valence-electron chi connectivity index (χ3n) is 3.17. The van der Waals surface area contributed by atoms with Crippen LogP contribution in [-0.2, 0) is 11.2 Å². The number of nitrogens with zero attached hydrogens (tertiary/aromatic N) is 1. The van der Waals surface area contributed by atoms with Gasteiger partial charge >= 0.3 is 0 Å². The number of fused-ring (bicyclic) bond motifs is 1. The Morgan fingerprint density at radius 3 is 2.56 bits per heavy atom. The summed E-state index contributed by atoms with van der Waals surface area (Å²) in [5.74, 6) is 0.486. The number of benzene rings is 1. The van der Waals surface area contributed by atoms with Gasteiger partial charge in [-0.15, -0.1) is 0 Å². The van der Waals surface area contributed by atoms with Gasteiger partial charge in [-0.2, -0.15) is 0 Å². The van der Waals surface area contributed by atoms with Crippen molar-refractivity contribution < 1.29 is 4.79 Å². The van der Waals surface area contributed by atoms with Crippen LogP contribution in [0.4, 0.5) is 0 Å².